The molecule has 20 heavy (non-hydrogen) atoms. The van der Waals surface area contributed by atoms with E-state index >= 15 is 0 Å². The van der Waals surface area contributed by atoms with Gasteiger partial charge in [-0.25, -0.2) is 4.79 Å². The van der Waals surface area contributed by atoms with E-state index in [9.17, 15) is 14.7 Å². The quantitative estimate of drug-likeness (QED) is 0.813. The van der Waals surface area contributed by atoms with E-state index in [1.165, 1.54) is 6.08 Å². The summed E-state index contributed by atoms with van der Waals surface area (Å²) in [6, 6.07) is 0. The van der Waals surface area contributed by atoms with E-state index < -0.39 is 11.5 Å². The Morgan fingerprint density at radius 3 is 2.65 bits per heavy atom. The van der Waals surface area contributed by atoms with Crippen molar-refractivity contribution in [2.24, 2.45) is 7.05 Å². The molecular formula is C14H19N3O3. The zero-order valence-corrected chi connectivity index (χ0v) is 11.5. The molecule has 1 saturated carbocycles. The molecule has 0 aliphatic heterocycles. The molecule has 1 aromatic heterocycles. The van der Waals surface area contributed by atoms with Crippen LogP contribution in [0, 0.1) is 0 Å². The molecule has 1 fully saturated rings. The Bertz CT molecular complexity index is 528. The molecule has 2 rings (SSSR count). The van der Waals surface area contributed by atoms with E-state index in [0.29, 0.717) is 12.8 Å². The van der Waals surface area contributed by atoms with Gasteiger partial charge in [-0.2, -0.15) is 5.10 Å². The van der Waals surface area contributed by atoms with Gasteiger partial charge in [-0.3, -0.25) is 9.48 Å². The smallest absolute Gasteiger partial charge is 0.329 e. The molecule has 0 saturated heterocycles. The van der Waals surface area contributed by atoms with Crippen LogP contribution < -0.4 is 5.32 Å². The van der Waals surface area contributed by atoms with Crippen LogP contribution in [0.2, 0.25) is 0 Å². The Morgan fingerprint density at radius 2 is 2.10 bits per heavy atom. The van der Waals surface area contributed by atoms with Crippen LogP contribution in [0.15, 0.2) is 18.5 Å². The van der Waals surface area contributed by atoms with Crippen molar-refractivity contribution in [3.63, 3.8) is 0 Å². The molecule has 0 atom stereocenters. The predicted molar refractivity (Wildman–Crippen MR) is 73.8 cm³/mol. The molecule has 0 spiro atoms. The minimum absolute atomic E-state index is 0.377. The predicted octanol–water partition coefficient (Wildman–Crippen LogP) is 1.34. The lowest BCUT2D eigenvalue weighted by Gasteiger charge is -2.33. The van der Waals surface area contributed by atoms with Gasteiger partial charge in [0.05, 0.1) is 6.20 Å². The van der Waals surface area contributed by atoms with Crippen molar-refractivity contribution in [1.82, 2.24) is 15.1 Å². The Hall–Kier alpha value is -2.11. The van der Waals surface area contributed by atoms with Crippen LogP contribution in [-0.4, -0.2) is 32.3 Å². The van der Waals surface area contributed by atoms with Crippen molar-refractivity contribution < 1.29 is 14.7 Å². The number of amides is 1. The Kier molecular flexibility index (Phi) is 4.22. The van der Waals surface area contributed by atoms with E-state index in [1.807, 2.05) is 0 Å². The third-order valence-corrected chi connectivity index (χ3v) is 3.63. The van der Waals surface area contributed by atoms with E-state index in [4.69, 9.17) is 0 Å². The molecule has 108 valence electrons. The van der Waals surface area contributed by atoms with Gasteiger partial charge in [0.15, 0.2) is 0 Å². The first kappa shape index (κ1) is 14.3. The third kappa shape index (κ3) is 3.26. The average Bonchev–Trinajstić information content (AvgIpc) is 2.83. The molecule has 0 unspecified atom stereocenters. The Balaban J connectivity index is 2.01. The Labute approximate surface area is 117 Å². The second-order valence-corrected chi connectivity index (χ2v) is 5.22. The van der Waals surface area contributed by atoms with Crippen molar-refractivity contribution in [3.8, 4) is 0 Å². The van der Waals surface area contributed by atoms with Gasteiger partial charge in [-0.05, 0) is 18.9 Å². The number of hydrogen-bond acceptors (Lipinski definition) is 3. The minimum Gasteiger partial charge on any atom is -0.480 e. The fourth-order valence-electron chi connectivity index (χ4n) is 2.52. The highest BCUT2D eigenvalue weighted by molar-refractivity contribution is 5.95. The van der Waals surface area contributed by atoms with Gasteiger partial charge >= 0.3 is 5.97 Å². The van der Waals surface area contributed by atoms with Crippen LogP contribution in [0.4, 0.5) is 0 Å². The maximum Gasteiger partial charge on any atom is 0.329 e. The summed E-state index contributed by atoms with van der Waals surface area (Å²) < 4.78 is 1.64. The number of aromatic nitrogens is 2. The number of rotatable bonds is 4. The first-order chi connectivity index (χ1) is 9.52. The lowest BCUT2D eigenvalue weighted by Crippen LogP contribution is -2.55. The van der Waals surface area contributed by atoms with Crippen molar-refractivity contribution in [3.05, 3.63) is 24.0 Å². The summed E-state index contributed by atoms with van der Waals surface area (Å²) in [5, 5.41) is 16.0. The van der Waals surface area contributed by atoms with Gasteiger partial charge in [-0.15, -0.1) is 0 Å². The molecular weight excluding hydrogens is 258 g/mol. The van der Waals surface area contributed by atoms with E-state index in [-0.39, 0.29) is 5.91 Å². The van der Waals surface area contributed by atoms with Crippen LogP contribution in [-0.2, 0) is 16.6 Å². The number of nitrogens with zero attached hydrogens (tertiary/aromatic N) is 2. The summed E-state index contributed by atoms with van der Waals surface area (Å²) in [5.74, 6) is -1.32. The first-order valence-corrected chi connectivity index (χ1v) is 6.74. The molecule has 2 N–H and O–H groups in total. The minimum atomic E-state index is -1.10. The first-order valence-electron chi connectivity index (χ1n) is 6.74. The number of hydrogen-bond donors (Lipinski definition) is 2. The maximum absolute atomic E-state index is 11.9. The molecule has 6 heteroatoms. The zero-order chi connectivity index (χ0) is 14.6. The fraction of sp³-hybridized carbons (Fsp3) is 0.500. The molecule has 0 radical (unpaired) electrons. The van der Waals surface area contributed by atoms with Crippen LogP contribution in [0.5, 0.6) is 0 Å². The lowest BCUT2D eigenvalue weighted by molar-refractivity contribution is -0.148. The van der Waals surface area contributed by atoms with Crippen molar-refractivity contribution in [2.45, 2.75) is 37.6 Å². The molecule has 1 aliphatic rings. The lowest BCUT2D eigenvalue weighted by atomic mass is 9.81. The number of carbonyl (C=O) groups excluding carboxylic acids is 1. The highest BCUT2D eigenvalue weighted by atomic mass is 16.4. The Morgan fingerprint density at radius 1 is 1.40 bits per heavy atom. The topological polar surface area (TPSA) is 84.2 Å². The summed E-state index contributed by atoms with van der Waals surface area (Å²) in [6.07, 6.45) is 10.1. The summed E-state index contributed by atoms with van der Waals surface area (Å²) in [5.41, 5.74) is -0.301. The van der Waals surface area contributed by atoms with Gasteiger partial charge in [0.25, 0.3) is 0 Å². The summed E-state index contributed by atoms with van der Waals surface area (Å²) >= 11 is 0. The molecule has 1 aliphatic carbocycles. The largest absolute Gasteiger partial charge is 0.480 e. The van der Waals surface area contributed by atoms with Crippen LogP contribution >= 0.6 is 0 Å². The number of carboxylic acid groups (broad SMARTS) is 1. The molecule has 0 bridgehead atoms. The molecule has 1 aromatic rings. The zero-order valence-electron chi connectivity index (χ0n) is 11.5. The number of carbonyl (C=O) groups is 2. The SMILES string of the molecule is Cn1cc(/C=C/C(=O)NC2(C(=O)O)CCCCC2)cn1. The van der Waals surface area contributed by atoms with E-state index in [0.717, 1.165) is 24.8 Å². The highest BCUT2D eigenvalue weighted by Crippen LogP contribution is 2.28. The van der Waals surface area contributed by atoms with Gasteiger partial charge < -0.3 is 10.4 Å². The monoisotopic (exact) mass is 277 g/mol. The average molecular weight is 277 g/mol. The number of carboxylic acids is 1. The van der Waals surface area contributed by atoms with E-state index in [1.54, 1.807) is 30.2 Å². The fourth-order valence-corrected chi connectivity index (χ4v) is 2.52. The van der Waals surface area contributed by atoms with Gasteiger partial charge in [-0.1, -0.05) is 19.3 Å². The molecule has 0 aromatic carbocycles. The normalized spacial score (nSPS) is 18.1. The second kappa shape index (κ2) is 5.90. The summed E-state index contributed by atoms with van der Waals surface area (Å²) in [7, 11) is 1.79. The standard InChI is InChI=1S/C14H19N3O3/c1-17-10-11(9-15-17)5-6-12(18)16-14(13(19)20)7-3-2-4-8-14/h5-6,9-10H,2-4,7-8H2,1H3,(H,16,18)(H,19,20)/b6-5+. The number of aliphatic carboxylic acids is 1. The van der Waals surface area contributed by atoms with Crippen molar-refractivity contribution in [2.75, 3.05) is 0 Å². The van der Waals surface area contributed by atoms with Crippen molar-refractivity contribution >= 4 is 18.0 Å². The summed E-state index contributed by atoms with van der Waals surface area (Å²) in [4.78, 5) is 23.3. The molecule has 6 nitrogen and oxygen atoms in total. The number of nitrogens with one attached hydrogen (secondary N) is 1. The van der Waals surface area contributed by atoms with Crippen LogP contribution in [0.1, 0.15) is 37.7 Å². The summed E-state index contributed by atoms with van der Waals surface area (Å²) in [6.45, 7) is 0. The van der Waals surface area contributed by atoms with Gasteiger partial charge in [0.1, 0.15) is 5.54 Å². The second-order valence-electron chi connectivity index (χ2n) is 5.22. The highest BCUT2D eigenvalue weighted by Gasteiger charge is 2.40. The van der Waals surface area contributed by atoms with Gasteiger partial charge in [0.2, 0.25) is 5.91 Å². The van der Waals surface area contributed by atoms with Gasteiger partial charge in [0, 0.05) is 24.9 Å². The van der Waals surface area contributed by atoms with Crippen LogP contribution in [0.25, 0.3) is 6.08 Å². The molecule has 1 heterocycles. The van der Waals surface area contributed by atoms with Crippen molar-refractivity contribution in [1.29, 1.82) is 0 Å². The molecule has 1 amide bonds. The van der Waals surface area contributed by atoms with Crippen LogP contribution in [0.3, 0.4) is 0 Å². The maximum atomic E-state index is 11.9. The number of aryl methyl sites for hydroxylation is 1. The third-order valence-electron chi connectivity index (χ3n) is 3.63. The van der Waals surface area contributed by atoms with E-state index in [2.05, 4.69) is 10.4 Å².